The van der Waals surface area contributed by atoms with Crippen LogP contribution >= 0.6 is 23.2 Å². The van der Waals surface area contributed by atoms with Gasteiger partial charge in [0.15, 0.2) is 0 Å². The fraction of sp³-hybridized carbons (Fsp3) is 0.0263. The number of pyridine rings is 3. The molecule has 7 heterocycles. The number of hydrogen-bond donors (Lipinski definition) is 2. The molecule has 0 unspecified atom stereocenters. The molecule has 2 aromatic carbocycles. The van der Waals surface area contributed by atoms with Gasteiger partial charge in [-0.05, 0) is 66.2 Å². The third-order valence-corrected chi connectivity index (χ3v) is 9.16. The molecule has 0 aliphatic rings. The summed E-state index contributed by atoms with van der Waals surface area (Å²) >= 11 is 13.4. The summed E-state index contributed by atoms with van der Waals surface area (Å²) < 4.78 is 3.85. The summed E-state index contributed by atoms with van der Waals surface area (Å²) in [7, 11) is 0. The van der Waals surface area contributed by atoms with E-state index in [2.05, 4.69) is 35.6 Å². The average molecular weight is 707 g/mol. The standard InChI is InChI=1S/C38H25Cl2N11/c39-28-13-25(11-22-4-3-7-43-33(22)28)35-37(47-31(41)17-45-35)23-6-9-50(20-23)19-21-10-24-12-26(14-29(40)34(24)44-16-21)36-38(48-32(42)18-46-36)30-15-27-5-1-2-8-51(27)49-30/h1-18,20H,19H2,(H2,41,47)(H2,42,48). The lowest BCUT2D eigenvalue weighted by Gasteiger charge is -2.11. The van der Waals surface area contributed by atoms with Gasteiger partial charge in [-0.2, -0.15) is 5.10 Å². The maximum atomic E-state index is 6.81. The van der Waals surface area contributed by atoms with E-state index in [1.54, 1.807) is 16.9 Å². The van der Waals surface area contributed by atoms with Crippen LogP contribution in [0, 0.1) is 0 Å². The Morgan fingerprint density at radius 1 is 0.608 bits per heavy atom. The van der Waals surface area contributed by atoms with Crippen molar-refractivity contribution in [2.45, 2.75) is 6.54 Å². The van der Waals surface area contributed by atoms with E-state index in [0.717, 1.165) is 44.1 Å². The number of nitrogen functional groups attached to an aromatic ring is 2. The molecule has 0 saturated heterocycles. The van der Waals surface area contributed by atoms with Crippen LogP contribution in [0.1, 0.15) is 5.56 Å². The summed E-state index contributed by atoms with van der Waals surface area (Å²) in [6.45, 7) is 0.539. The van der Waals surface area contributed by atoms with E-state index in [1.165, 1.54) is 6.20 Å². The lowest BCUT2D eigenvalue weighted by molar-refractivity contribution is 0.804. The first-order valence-electron chi connectivity index (χ1n) is 15.9. The lowest BCUT2D eigenvalue weighted by Crippen LogP contribution is -2.00. The van der Waals surface area contributed by atoms with E-state index in [4.69, 9.17) is 44.8 Å². The zero-order chi connectivity index (χ0) is 34.6. The van der Waals surface area contributed by atoms with Crippen LogP contribution in [0.5, 0.6) is 0 Å². The number of fused-ring (bicyclic) bond motifs is 3. The zero-order valence-corrected chi connectivity index (χ0v) is 28.1. The van der Waals surface area contributed by atoms with Gasteiger partial charge in [0.2, 0.25) is 0 Å². The van der Waals surface area contributed by atoms with E-state index >= 15 is 0 Å². The molecule has 0 aliphatic carbocycles. The first-order chi connectivity index (χ1) is 24.9. The van der Waals surface area contributed by atoms with Crippen molar-refractivity contribution in [1.82, 2.24) is 44.1 Å². The maximum Gasteiger partial charge on any atom is 0.142 e. The maximum absolute atomic E-state index is 6.81. The van der Waals surface area contributed by atoms with Gasteiger partial charge in [0.25, 0.3) is 0 Å². The van der Waals surface area contributed by atoms with Crippen molar-refractivity contribution in [1.29, 1.82) is 0 Å². The minimum absolute atomic E-state index is 0.294. The van der Waals surface area contributed by atoms with Crippen LogP contribution in [0.25, 0.3) is 72.5 Å². The molecule has 7 aromatic heterocycles. The number of rotatable bonds is 6. The van der Waals surface area contributed by atoms with Gasteiger partial charge in [-0.25, -0.2) is 14.5 Å². The van der Waals surface area contributed by atoms with E-state index in [0.29, 0.717) is 62.2 Å². The number of nitrogens with zero attached hydrogens (tertiary/aromatic N) is 9. The van der Waals surface area contributed by atoms with Crippen LogP contribution in [0.2, 0.25) is 10.0 Å². The minimum atomic E-state index is 0.294. The molecule has 0 saturated carbocycles. The fourth-order valence-corrected chi connectivity index (χ4v) is 6.86. The van der Waals surface area contributed by atoms with Gasteiger partial charge in [-0.1, -0.05) is 35.3 Å². The smallest absolute Gasteiger partial charge is 0.142 e. The fourth-order valence-electron chi connectivity index (χ4n) is 6.31. The molecular formula is C38H25Cl2N11. The predicted octanol–water partition coefficient (Wildman–Crippen LogP) is 8.00. The molecule has 246 valence electrons. The van der Waals surface area contributed by atoms with Gasteiger partial charge in [-0.3, -0.25) is 19.9 Å². The molecule has 0 radical (unpaired) electrons. The van der Waals surface area contributed by atoms with Crippen molar-refractivity contribution in [3.8, 4) is 45.2 Å². The third-order valence-electron chi connectivity index (χ3n) is 8.58. The molecule has 9 aromatic rings. The van der Waals surface area contributed by atoms with Crippen molar-refractivity contribution in [2.24, 2.45) is 0 Å². The predicted molar refractivity (Wildman–Crippen MR) is 201 cm³/mol. The summed E-state index contributed by atoms with van der Waals surface area (Å²) in [4.78, 5) is 27.8. The molecule has 9 rings (SSSR count). The Labute approximate surface area is 300 Å². The Kier molecular flexibility index (Phi) is 7.30. The second-order valence-electron chi connectivity index (χ2n) is 12.1. The number of halogens is 2. The molecule has 0 bridgehead atoms. The van der Waals surface area contributed by atoms with E-state index < -0.39 is 0 Å². The first-order valence-corrected chi connectivity index (χ1v) is 16.6. The third kappa shape index (κ3) is 5.64. The van der Waals surface area contributed by atoms with Crippen LogP contribution in [-0.2, 0) is 6.54 Å². The number of benzene rings is 2. The van der Waals surface area contributed by atoms with Gasteiger partial charge < -0.3 is 16.0 Å². The Balaban J connectivity index is 1.06. The van der Waals surface area contributed by atoms with Gasteiger partial charge in [0.05, 0.1) is 50.4 Å². The Morgan fingerprint density at radius 2 is 1.33 bits per heavy atom. The van der Waals surface area contributed by atoms with Crippen molar-refractivity contribution in [3.05, 3.63) is 132 Å². The van der Waals surface area contributed by atoms with Crippen LogP contribution in [0.4, 0.5) is 11.6 Å². The van der Waals surface area contributed by atoms with E-state index in [1.807, 2.05) is 91.5 Å². The van der Waals surface area contributed by atoms with Crippen LogP contribution in [0.15, 0.2) is 116 Å². The summed E-state index contributed by atoms with van der Waals surface area (Å²) in [5.41, 5.74) is 21.1. The highest BCUT2D eigenvalue weighted by atomic mass is 35.5. The van der Waals surface area contributed by atoms with Crippen molar-refractivity contribution in [2.75, 3.05) is 11.5 Å². The Hall–Kier alpha value is -6.43. The summed E-state index contributed by atoms with van der Waals surface area (Å²) in [5.74, 6) is 0.610. The highest BCUT2D eigenvalue weighted by molar-refractivity contribution is 6.36. The molecule has 0 atom stereocenters. The van der Waals surface area contributed by atoms with Crippen molar-refractivity contribution < 1.29 is 0 Å². The SMILES string of the molecule is Nc1cnc(-c2cc(Cl)c3ncccc3c2)c(-c2ccn(Cc3cnc4c(Cl)cc(-c5ncc(N)nc5-c5cc6ccccn6n5)cc4c3)c2)n1. The number of anilines is 2. The highest BCUT2D eigenvalue weighted by Gasteiger charge is 2.18. The number of aromatic nitrogens is 9. The van der Waals surface area contributed by atoms with Crippen molar-refractivity contribution >= 4 is 62.2 Å². The number of nitrogens with two attached hydrogens (primary N) is 2. The molecule has 0 amide bonds. The molecule has 0 aliphatic heterocycles. The normalized spacial score (nSPS) is 11.6. The summed E-state index contributed by atoms with van der Waals surface area (Å²) in [5, 5.41) is 7.50. The van der Waals surface area contributed by atoms with Crippen LogP contribution < -0.4 is 11.5 Å². The molecule has 0 fully saturated rings. The summed E-state index contributed by atoms with van der Waals surface area (Å²) in [6, 6.07) is 23.4. The molecule has 11 nitrogen and oxygen atoms in total. The van der Waals surface area contributed by atoms with E-state index in [9.17, 15) is 0 Å². The van der Waals surface area contributed by atoms with Crippen LogP contribution in [-0.4, -0.2) is 44.1 Å². The van der Waals surface area contributed by atoms with Crippen molar-refractivity contribution in [3.63, 3.8) is 0 Å². The average Bonchev–Trinajstić information content (AvgIpc) is 3.79. The van der Waals surface area contributed by atoms with E-state index in [-0.39, 0.29) is 0 Å². The highest BCUT2D eigenvalue weighted by Crippen LogP contribution is 2.36. The molecule has 13 heteroatoms. The largest absolute Gasteiger partial charge is 0.382 e. The first kappa shape index (κ1) is 30.6. The minimum Gasteiger partial charge on any atom is -0.382 e. The molecule has 51 heavy (non-hydrogen) atoms. The molecule has 4 N–H and O–H groups in total. The van der Waals surface area contributed by atoms with Crippen LogP contribution in [0.3, 0.4) is 0 Å². The topological polar surface area (TPSA) is 152 Å². The Morgan fingerprint density at radius 3 is 2.12 bits per heavy atom. The quantitative estimate of drug-likeness (QED) is 0.175. The number of hydrogen-bond acceptors (Lipinski definition) is 9. The zero-order valence-electron chi connectivity index (χ0n) is 26.6. The Bertz CT molecular complexity index is 2780. The summed E-state index contributed by atoms with van der Waals surface area (Å²) in [6.07, 6.45) is 12.5. The van der Waals surface area contributed by atoms with Gasteiger partial charge >= 0.3 is 0 Å². The second-order valence-corrected chi connectivity index (χ2v) is 12.9. The lowest BCUT2D eigenvalue weighted by atomic mass is 10.0. The molecule has 0 spiro atoms. The van der Waals surface area contributed by atoms with Gasteiger partial charge in [0, 0.05) is 65.0 Å². The second kappa shape index (κ2) is 12.2. The van der Waals surface area contributed by atoms with Gasteiger partial charge in [-0.15, -0.1) is 0 Å². The van der Waals surface area contributed by atoms with Gasteiger partial charge in [0.1, 0.15) is 28.7 Å². The monoisotopic (exact) mass is 705 g/mol. The molecular weight excluding hydrogens is 681 g/mol.